The first-order valence-corrected chi connectivity index (χ1v) is 2.63. The van der Waals surface area contributed by atoms with Crippen molar-refractivity contribution in [1.29, 1.82) is 0 Å². The van der Waals surface area contributed by atoms with Crippen LogP contribution in [0.3, 0.4) is 0 Å². The molecule has 0 saturated heterocycles. The van der Waals surface area contributed by atoms with Crippen LogP contribution in [-0.2, 0) is 0 Å². The molecule has 1 heteroatoms. The summed E-state index contributed by atoms with van der Waals surface area (Å²) in [5.41, 5.74) is 0. The molecule has 1 unspecified atom stereocenters. The first-order valence-electron chi connectivity index (χ1n) is 6.20. The third kappa shape index (κ3) is 5.96. The van der Waals surface area contributed by atoms with Crippen molar-refractivity contribution < 1.29 is 14.7 Å². The van der Waals surface area contributed by atoms with Gasteiger partial charge in [0.25, 0.3) is 0 Å². The highest BCUT2D eigenvalue weighted by Crippen LogP contribution is 2.00. The summed E-state index contributed by atoms with van der Waals surface area (Å²) in [4.78, 5) is 0. The van der Waals surface area contributed by atoms with Crippen LogP contribution in [0.25, 0.3) is 0 Å². The maximum atomic E-state index is 8.93. The lowest BCUT2D eigenvalue weighted by atomic mass is 10.2. The van der Waals surface area contributed by atoms with E-state index in [0.29, 0.717) is 6.42 Å². The second kappa shape index (κ2) is 6.96. The molecule has 0 fully saturated rings. The lowest BCUT2D eigenvalue weighted by Gasteiger charge is -1.93. The van der Waals surface area contributed by atoms with Crippen LogP contribution in [0.4, 0.5) is 0 Å². The van der Waals surface area contributed by atoms with Gasteiger partial charge in [-0.1, -0.05) is 32.5 Å². The molecule has 0 heterocycles. The SMILES string of the molecule is [2H]C(CCC)C([2H])([2H])C([2H])([2H])C([2H])([2H])O. The monoisotopic (exact) mass is 123 g/mol. The first-order chi connectivity index (χ1) is 6.48. The van der Waals surface area contributed by atoms with Crippen LogP contribution in [-0.4, -0.2) is 11.7 Å². The molecular weight excluding hydrogens is 100 g/mol. The van der Waals surface area contributed by atoms with Crippen LogP contribution in [0.1, 0.15) is 48.5 Å². The lowest BCUT2D eigenvalue weighted by Crippen LogP contribution is -1.81. The predicted molar refractivity (Wildman–Crippen MR) is 35.8 cm³/mol. The van der Waals surface area contributed by atoms with Gasteiger partial charge in [-0.2, -0.15) is 0 Å². The quantitative estimate of drug-likeness (QED) is 0.592. The fraction of sp³-hybridized carbons (Fsp3) is 1.00. The Morgan fingerprint density at radius 1 is 1.50 bits per heavy atom. The third-order valence-corrected chi connectivity index (χ3v) is 0.663. The average Bonchev–Trinajstić information content (AvgIpc) is 2.02. The van der Waals surface area contributed by atoms with Crippen molar-refractivity contribution in [3.63, 3.8) is 0 Å². The second-order valence-electron chi connectivity index (χ2n) is 1.37. The van der Waals surface area contributed by atoms with Gasteiger partial charge in [0.05, 0.1) is 2.74 Å². The summed E-state index contributed by atoms with van der Waals surface area (Å²) in [6.45, 7) is -1.58. The van der Waals surface area contributed by atoms with E-state index in [0.717, 1.165) is 0 Å². The normalized spacial score (nSPS) is 32.0. The minimum atomic E-state index is -3.30. The van der Waals surface area contributed by atoms with E-state index >= 15 is 0 Å². The van der Waals surface area contributed by atoms with Gasteiger partial charge in [-0.05, 0) is 6.37 Å². The van der Waals surface area contributed by atoms with E-state index in [2.05, 4.69) is 0 Å². The van der Waals surface area contributed by atoms with Gasteiger partial charge in [0.15, 0.2) is 0 Å². The summed E-state index contributed by atoms with van der Waals surface area (Å²) < 4.78 is 50.4. The Morgan fingerprint density at radius 3 is 2.75 bits per heavy atom. The average molecular weight is 123 g/mol. The fourth-order valence-electron chi connectivity index (χ4n) is 0.300. The third-order valence-electron chi connectivity index (χ3n) is 0.663. The van der Waals surface area contributed by atoms with Crippen LogP contribution in [0.15, 0.2) is 0 Å². The molecule has 0 radical (unpaired) electrons. The Bertz CT molecular complexity index is 210. The van der Waals surface area contributed by atoms with Gasteiger partial charge >= 0.3 is 0 Å². The highest BCUT2D eigenvalue weighted by molar-refractivity contribution is 4.39. The van der Waals surface area contributed by atoms with Crippen molar-refractivity contribution in [1.82, 2.24) is 0 Å². The molecule has 1 atom stereocenters. The summed E-state index contributed by atoms with van der Waals surface area (Å²) in [6.07, 6.45) is -6.64. The van der Waals surface area contributed by atoms with Crippen molar-refractivity contribution in [2.24, 2.45) is 0 Å². The molecule has 1 nitrogen and oxygen atoms in total. The molecule has 0 aromatic rings. The van der Waals surface area contributed by atoms with Crippen molar-refractivity contribution in [3.05, 3.63) is 0 Å². The van der Waals surface area contributed by atoms with Gasteiger partial charge in [-0.25, -0.2) is 0 Å². The Balaban J connectivity index is 5.00. The molecule has 8 heavy (non-hydrogen) atoms. The standard InChI is InChI=1S/C7H16O/c1-2-3-4-5-6-7-8/h8H,2-7H2,1H3/i4D,5D2,6D2,7D2. The van der Waals surface area contributed by atoms with Gasteiger partial charge in [0.1, 0.15) is 0 Å². The Kier molecular flexibility index (Phi) is 1.72. The molecule has 0 aliphatic carbocycles. The maximum Gasteiger partial charge on any atom is 0.0564 e. The second-order valence-corrected chi connectivity index (χ2v) is 1.37. The smallest absolute Gasteiger partial charge is 0.0564 e. The van der Waals surface area contributed by atoms with Crippen molar-refractivity contribution in [2.75, 3.05) is 6.56 Å². The number of hydrogen-bond acceptors (Lipinski definition) is 1. The topological polar surface area (TPSA) is 20.2 Å². The molecule has 0 rings (SSSR count). The van der Waals surface area contributed by atoms with E-state index in [1.807, 2.05) is 0 Å². The van der Waals surface area contributed by atoms with Crippen molar-refractivity contribution in [2.45, 2.75) is 38.9 Å². The van der Waals surface area contributed by atoms with E-state index in [4.69, 9.17) is 14.7 Å². The summed E-state index contributed by atoms with van der Waals surface area (Å²) in [6, 6.07) is 0. The summed E-state index contributed by atoms with van der Waals surface area (Å²) in [5.74, 6) is 0. The fourth-order valence-corrected chi connectivity index (χ4v) is 0.300. The van der Waals surface area contributed by atoms with Gasteiger partial charge < -0.3 is 5.11 Å². The van der Waals surface area contributed by atoms with Crippen molar-refractivity contribution in [3.8, 4) is 0 Å². The molecule has 50 valence electrons. The lowest BCUT2D eigenvalue weighted by molar-refractivity contribution is 0.282. The van der Waals surface area contributed by atoms with Gasteiger partial charge in [0, 0.05) is 13.4 Å². The van der Waals surface area contributed by atoms with Crippen LogP contribution < -0.4 is 0 Å². The molecule has 0 amide bonds. The Morgan fingerprint density at radius 2 is 2.25 bits per heavy atom. The van der Waals surface area contributed by atoms with Gasteiger partial charge in [-0.3, -0.25) is 0 Å². The Hall–Kier alpha value is -0.0400. The zero-order valence-corrected chi connectivity index (χ0v) is 4.94. The number of hydrogen-bond donors (Lipinski definition) is 1. The van der Waals surface area contributed by atoms with Gasteiger partial charge in [0.2, 0.25) is 0 Å². The maximum absolute atomic E-state index is 8.93. The highest BCUT2D eigenvalue weighted by Gasteiger charge is 1.84. The largest absolute Gasteiger partial charge is 0.396 e. The van der Waals surface area contributed by atoms with Crippen molar-refractivity contribution >= 4 is 0 Å². The minimum absolute atomic E-state index is 0.114. The van der Waals surface area contributed by atoms with E-state index in [1.54, 1.807) is 6.92 Å². The first kappa shape index (κ1) is 1.98. The molecule has 0 aliphatic heterocycles. The highest BCUT2D eigenvalue weighted by atomic mass is 16.2. The minimum Gasteiger partial charge on any atom is -0.396 e. The molecule has 0 aromatic heterocycles. The molecule has 0 saturated carbocycles. The molecule has 1 N–H and O–H groups in total. The van der Waals surface area contributed by atoms with Crippen LogP contribution in [0, 0.1) is 0 Å². The summed E-state index contributed by atoms with van der Waals surface area (Å²) >= 11 is 0. The number of rotatable bonds is 5. The van der Waals surface area contributed by atoms with E-state index in [1.165, 1.54) is 0 Å². The van der Waals surface area contributed by atoms with Crippen LogP contribution in [0.2, 0.25) is 0 Å². The number of aliphatic hydroxyl groups is 1. The molecule has 0 aliphatic rings. The molecule has 0 bridgehead atoms. The van der Waals surface area contributed by atoms with E-state index in [-0.39, 0.29) is 6.42 Å². The summed E-state index contributed by atoms with van der Waals surface area (Å²) in [7, 11) is 0. The van der Waals surface area contributed by atoms with Gasteiger partial charge in [-0.15, -0.1) is 0 Å². The Labute approximate surface area is 61.6 Å². The van der Waals surface area contributed by atoms with Crippen LogP contribution >= 0.6 is 0 Å². The zero-order valence-electron chi connectivity index (χ0n) is 11.9. The predicted octanol–water partition coefficient (Wildman–Crippen LogP) is 1.95. The zero-order chi connectivity index (χ0) is 12.5. The molecule has 0 aromatic carbocycles. The molecular formula is C7H16O. The van der Waals surface area contributed by atoms with E-state index < -0.39 is 25.7 Å². The molecule has 0 spiro atoms. The summed E-state index contributed by atoms with van der Waals surface area (Å²) in [5, 5.41) is 8.93. The van der Waals surface area contributed by atoms with Crippen LogP contribution in [0.5, 0.6) is 0 Å². The van der Waals surface area contributed by atoms with E-state index in [9.17, 15) is 0 Å².